The summed E-state index contributed by atoms with van der Waals surface area (Å²) in [6, 6.07) is 7.50. The molecule has 1 aromatic carbocycles. The number of hydrogen-bond donors (Lipinski definition) is 0. The van der Waals surface area contributed by atoms with Gasteiger partial charge in [-0.25, -0.2) is 4.68 Å². The molecule has 0 fully saturated rings. The first-order valence-electron chi connectivity index (χ1n) is 5.74. The second-order valence-electron chi connectivity index (χ2n) is 4.48. The third-order valence-electron chi connectivity index (χ3n) is 2.79. The lowest BCUT2D eigenvalue weighted by molar-refractivity contribution is 0.101. The molecule has 1 aromatic heterocycles. The number of ketones is 1. The number of Topliss-reactive ketones (excluding diaryl/α,β-unsaturated/α-hetero) is 1. The fourth-order valence-electron chi connectivity index (χ4n) is 1.64. The van der Waals surface area contributed by atoms with Gasteiger partial charge in [-0.2, -0.15) is 5.10 Å². The lowest BCUT2D eigenvalue weighted by atomic mass is 10.1. The first kappa shape index (κ1) is 11.6. The number of carbonyl (C=O) groups excluding carboxylic acids is 1. The van der Waals surface area contributed by atoms with Gasteiger partial charge in [0.05, 0.1) is 11.9 Å². The van der Waals surface area contributed by atoms with E-state index in [0.717, 1.165) is 5.69 Å². The molecule has 1 heterocycles. The Morgan fingerprint density at radius 2 is 2.12 bits per heavy atom. The second kappa shape index (κ2) is 4.53. The summed E-state index contributed by atoms with van der Waals surface area (Å²) in [5, 5.41) is 4.31. The first-order valence-corrected chi connectivity index (χ1v) is 5.74. The van der Waals surface area contributed by atoms with Crippen LogP contribution in [0.2, 0.25) is 0 Å². The van der Waals surface area contributed by atoms with E-state index in [1.165, 1.54) is 5.56 Å². The van der Waals surface area contributed by atoms with Crippen LogP contribution in [0.15, 0.2) is 36.7 Å². The Morgan fingerprint density at radius 3 is 2.71 bits per heavy atom. The summed E-state index contributed by atoms with van der Waals surface area (Å²) in [7, 11) is 0. The molecule has 0 saturated heterocycles. The topological polar surface area (TPSA) is 34.9 Å². The lowest BCUT2D eigenvalue weighted by Gasteiger charge is -2.03. The summed E-state index contributed by atoms with van der Waals surface area (Å²) in [6.07, 6.45) is 3.87. The molecule has 0 bridgehead atoms. The van der Waals surface area contributed by atoms with Gasteiger partial charge in [0.1, 0.15) is 0 Å². The third-order valence-corrected chi connectivity index (χ3v) is 2.79. The molecule has 88 valence electrons. The molecule has 0 radical (unpaired) electrons. The normalized spacial score (nSPS) is 10.8. The molecule has 3 nitrogen and oxygen atoms in total. The highest BCUT2D eigenvalue weighted by atomic mass is 16.1. The molecular formula is C14H16N2O. The zero-order valence-corrected chi connectivity index (χ0v) is 10.3. The Hall–Kier alpha value is -1.90. The lowest BCUT2D eigenvalue weighted by Crippen LogP contribution is -1.98. The fourth-order valence-corrected chi connectivity index (χ4v) is 1.64. The van der Waals surface area contributed by atoms with Gasteiger partial charge in [0.25, 0.3) is 0 Å². The number of nitrogens with zero attached hydrogens (tertiary/aromatic N) is 2. The third kappa shape index (κ3) is 2.44. The van der Waals surface area contributed by atoms with Crippen LogP contribution in [0.4, 0.5) is 0 Å². The molecule has 2 aromatic rings. The van der Waals surface area contributed by atoms with Gasteiger partial charge in [-0.15, -0.1) is 0 Å². The minimum atomic E-state index is 0.0723. The van der Waals surface area contributed by atoms with Gasteiger partial charge in [-0.1, -0.05) is 26.0 Å². The van der Waals surface area contributed by atoms with E-state index in [0.29, 0.717) is 11.5 Å². The molecule has 17 heavy (non-hydrogen) atoms. The van der Waals surface area contributed by atoms with Crippen molar-refractivity contribution in [2.24, 2.45) is 0 Å². The van der Waals surface area contributed by atoms with Gasteiger partial charge in [-0.3, -0.25) is 4.79 Å². The minimum Gasteiger partial charge on any atom is -0.295 e. The van der Waals surface area contributed by atoms with Crippen LogP contribution in [-0.4, -0.2) is 15.6 Å². The van der Waals surface area contributed by atoms with Gasteiger partial charge in [0.2, 0.25) is 0 Å². The number of rotatable bonds is 3. The van der Waals surface area contributed by atoms with Gasteiger partial charge >= 0.3 is 0 Å². The van der Waals surface area contributed by atoms with E-state index in [4.69, 9.17) is 0 Å². The van der Waals surface area contributed by atoms with Crippen molar-refractivity contribution in [1.29, 1.82) is 0 Å². The van der Waals surface area contributed by atoms with Gasteiger partial charge < -0.3 is 0 Å². The van der Waals surface area contributed by atoms with E-state index >= 15 is 0 Å². The van der Waals surface area contributed by atoms with Gasteiger partial charge in [0.15, 0.2) is 5.78 Å². The van der Waals surface area contributed by atoms with Crippen molar-refractivity contribution in [3.8, 4) is 5.69 Å². The van der Waals surface area contributed by atoms with Crippen LogP contribution >= 0.6 is 0 Å². The van der Waals surface area contributed by atoms with Crippen molar-refractivity contribution in [2.75, 3.05) is 0 Å². The molecule has 3 heteroatoms. The highest BCUT2D eigenvalue weighted by molar-refractivity contribution is 5.94. The molecule has 0 atom stereocenters. The van der Waals surface area contributed by atoms with Crippen molar-refractivity contribution in [3.05, 3.63) is 47.8 Å². The monoisotopic (exact) mass is 228 g/mol. The fraction of sp³-hybridized carbons (Fsp3) is 0.286. The number of benzene rings is 1. The summed E-state index contributed by atoms with van der Waals surface area (Å²) in [5.74, 6) is 0.530. The van der Waals surface area contributed by atoms with E-state index in [-0.39, 0.29) is 5.78 Å². The molecular weight excluding hydrogens is 212 g/mol. The molecule has 2 rings (SSSR count). The van der Waals surface area contributed by atoms with Gasteiger partial charge in [0, 0.05) is 11.8 Å². The Bertz CT molecular complexity index is 541. The summed E-state index contributed by atoms with van der Waals surface area (Å²) in [5.41, 5.74) is 2.83. The number of hydrogen-bond acceptors (Lipinski definition) is 2. The van der Waals surface area contributed by atoms with Crippen LogP contribution in [0.5, 0.6) is 0 Å². The minimum absolute atomic E-state index is 0.0723. The van der Waals surface area contributed by atoms with Crippen molar-refractivity contribution < 1.29 is 4.79 Å². The number of aromatic nitrogens is 2. The summed E-state index contributed by atoms with van der Waals surface area (Å²) >= 11 is 0. The SMILES string of the molecule is CC(=O)c1cccc(-n2cc(C(C)C)cn2)c1. The van der Waals surface area contributed by atoms with Crippen molar-refractivity contribution in [2.45, 2.75) is 26.7 Å². The molecule has 0 unspecified atom stereocenters. The highest BCUT2D eigenvalue weighted by Gasteiger charge is 2.06. The van der Waals surface area contributed by atoms with E-state index in [2.05, 4.69) is 18.9 Å². The Labute approximate surface area is 101 Å². The van der Waals surface area contributed by atoms with E-state index in [9.17, 15) is 4.79 Å². The van der Waals surface area contributed by atoms with Crippen LogP contribution in [-0.2, 0) is 0 Å². The molecule has 0 aliphatic carbocycles. The summed E-state index contributed by atoms with van der Waals surface area (Å²) < 4.78 is 1.81. The van der Waals surface area contributed by atoms with E-state index in [1.54, 1.807) is 6.92 Å². The predicted molar refractivity (Wildman–Crippen MR) is 67.7 cm³/mol. The maximum absolute atomic E-state index is 11.3. The Balaban J connectivity index is 2.38. The first-order chi connectivity index (χ1) is 8.08. The molecule has 0 N–H and O–H groups in total. The Kier molecular flexibility index (Phi) is 3.09. The van der Waals surface area contributed by atoms with Crippen LogP contribution in [0.25, 0.3) is 5.69 Å². The van der Waals surface area contributed by atoms with Crippen molar-refractivity contribution in [1.82, 2.24) is 9.78 Å². The maximum Gasteiger partial charge on any atom is 0.159 e. The van der Waals surface area contributed by atoms with Gasteiger partial charge in [-0.05, 0) is 30.5 Å². The van der Waals surface area contributed by atoms with Crippen LogP contribution in [0.3, 0.4) is 0 Å². The molecule has 0 saturated carbocycles. The molecule has 0 aliphatic rings. The molecule has 0 spiro atoms. The predicted octanol–water partition coefficient (Wildman–Crippen LogP) is 3.20. The van der Waals surface area contributed by atoms with E-state index < -0.39 is 0 Å². The zero-order chi connectivity index (χ0) is 12.4. The summed E-state index contributed by atoms with van der Waals surface area (Å²) in [4.78, 5) is 11.3. The molecule has 0 amide bonds. The highest BCUT2D eigenvalue weighted by Crippen LogP contribution is 2.16. The smallest absolute Gasteiger partial charge is 0.159 e. The molecule has 0 aliphatic heterocycles. The zero-order valence-electron chi connectivity index (χ0n) is 10.3. The summed E-state index contributed by atoms with van der Waals surface area (Å²) in [6.45, 7) is 5.84. The Morgan fingerprint density at radius 1 is 1.35 bits per heavy atom. The second-order valence-corrected chi connectivity index (χ2v) is 4.48. The maximum atomic E-state index is 11.3. The number of carbonyl (C=O) groups is 1. The quantitative estimate of drug-likeness (QED) is 0.756. The van der Waals surface area contributed by atoms with E-state index in [1.807, 2.05) is 41.3 Å². The van der Waals surface area contributed by atoms with Crippen LogP contribution < -0.4 is 0 Å². The largest absolute Gasteiger partial charge is 0.295 e. The van der Waals surface area contributed by atoms with Crippen molar-refractivity contribution in [3.63, 3.8) is 0 Å². The average Bonchev–Trinajstić information content (AvgIpc) is 2.78. The average molecular weight is 228 g/mol. The standard InChI is InChI=1S/C14H16N2O/c1-10(2)13-8-15-16(9-13)14-6-4-5-12(7-14)11(3)17/h4-10H,1-3H3. The van der Waals surface area contributed by atoms with Crippen molar-refractivity contribution >= 4 is 5.78 Å². The van der Waals surface area contributed by atoms with Crippen LogP contribution in [0.1, 0.15) is 42.6 Å². The van der Waals surface area contributed by atoms with Crippen LogP contribution in [0, 0.1) is 0 Å².